The van der Waals surface area contributed by atoms with Crippen molar-refractivity contribution in [1.29, 1.82) is 0 Å². The average molecular weight is 804 g/mol. The van der Waals surface area contributed by atoms with Gasteiger partial charge in [-0.1, -0.05) is 201 Å². The standard InChI is InChI=1S/C62H45N/c1-3-19-46(20-4-1)62(47-21-5-2-6-22-47)56-28-12-9-25-52(56)53-36-34-49(41-58(53)62)63(59-30-16-29-57-60(59)54-26-10-11-27-55(54)61(57)37-13-14-38-61)48-23-15-18-43(40-48)44-33-35-51-45(39-44)32-31-42-17-7-8-24-50(42)51/h1-12,15-36,39-41H,13-14,37-38H2. The summed E-state index contributed by atoms with van der Waals surface area (Å²) in [5.41, 5.74) is 19.0. The molecule has 3 aliphatic carbocycles. The van der Waals surface area contributed by atoms with Gasteiger partial charge in [0.1, 0.15) is 0 Å². The van der Waals surface area contributed by atoms with Crippen molar-refractivity contribution in [1.82, 2.24) is 0 Å². The lowest BCUT2D eigenvalue weighted by atomic mass is 9.67. The summed E-state index contributed by atoms with van der Waals surface area (Å²) in [6, 6.07) is 84.6. The van der Waals surface area contributed by atoms with Crippen LogP contribution in [0.15, 0.2) is 224 Å². The Hall–Kier alpha value is -7.48. The molecule has 0 heterocycles. The summed E-state index contributed by atoms with van der Waals surface area (Å²) in [5.74, 6) is 0. The fraction of sp³-hybridized carbons (Fsp3) is 0.0968. The highest BCUT2D eigenvalue weighted by molar-refractivity contribution is 6.08. The minimum Gasteiger partial charge on any atom is -0.310 e. The zero-order chi connectivity index (χ0) is 41.5. The van der Waals surface area contributed by atoms with E-state index >= 15 is 0 Å². The summed E-state index contributed by atoms with van der Waals surface area (Å²) in [6.45, 7) is 0. The van der Waals surface area contributed by atoms with Gasteiger partial charge in [-0.2, -0.15) is 0 Å². The minimum absolute atomic E-state index is 0.0556. The highest BCUT2D eigenvalue weighted by Crippen LogP contribution is 2.61. The van der Waals surface area contributed by atoms with Crippen LogP contribution in [0.4, 0.5) is 17.1 Å². The predicted molar refractivity (Wildman–Crippen MR) is 264 cm³/mol. The van der Waals surface area contributed by atoms with Crippen LogP contribution in [0.3, 0.4) is 0 Å². The maximum absolute atomic E-state index is 2.58. The summed E-state index contributed by atoms with van der Waals surface area (Å²) in [6.07, 6.45) is 4.91. The van der Waals surface area contributed by atoms with E-state index in [-0.39, 0.29) is 5.41 Å². The predicted octanol–water partition coefficient (Wildman–Crippen LogP) is 16.3. The minimum atomic E-state index is -0.508. The van der Waals surface area contributed by atoms with Crippen LogP contribution in [-0.2, 0) is 10.8 Å². The van der Waals surface area contributed by atoms with E-state index in [0.717, 1.165) is 11.4 Å². The molecule has 0 radical (unpaired) electrons. The summed E-state index contributed by atoms with van der Waals surface area (Å²) >= 11 is 0. The van der Waals surface area contributed by atoms with Gasteiger partial charge in [0.15, 0.2) is 0 Å². The average Bonchev–Trinajstić information content (AvgIpc) is 4.05. The highest BCUT2D eigenvalue weighted by Gasteiger charge is 2.48. The molecule has 0 bridgehead atoms. The lowest BCUT2D eigenvalue weighted by Crippen LogP contribution is -2.28. The zero-order valence-corrected chi connectivity index (χ0v) is 35.1. The van der Waals surface area contributed by atoms with Gasteiger partial charge in [-0.15, -0.1) is 0 Å². The first-order valence-corrected chi connectivity index (χ1v) is 22.6. The second-order valence-corrected chi connectivity index (χ2v) is 17.9. The van der Waals surface area contributed by atoms with E-state index in [4.69, 9.17) is 0 Å². The number of nitrogens with zero attached hydrogens (tertiary/aromatic N) is 1. The molecular formula is C62H45N. The molecule has 0 N–H and O–H groups in total. The number of rotatable bonds is 6. The topological polar surface area (TPSA) is 3.24 Å². The first-order valence-electron chi connectivity index (χ1n) is 22.6. The van der Waals surface area contributed by atoms with Crippen LogP contribution >= 0.6 is 0 Å². The number of anilines is 3. The molecule has 1 heteroatoms. The molecule has 0 atom stereocenters. The van der Waals surface area contributed by atoms with E-state index in [0.29, 0.717) is 0 Å². The molecule has 0 aliphatic heterocycles. The van der Waals surface area contributed by atoms with Crippen molar-refractivity contribution < 1.29 is 0 Å². The molecule has 10 aromatic carbocycles. The molecule has 0 aromatic heterocycles. The Balaban J connectivity index is 1.07. The Bertz CT molecular complexity index is 3370. The van der Waals surface area contributed by atoms with E-state index in [9.17, 15) is 0 Å². The Labute approximate surface area is 369 Å². The van der Waals surface area contributed by atoms with E-state index in [1.807, 2.05) is 0 Å². The summed E-state index contributed by atoms with van der Waals surface area (Å²) in [4.78, 5) is 2.58. The molecule has 1 nitrogen and oxygen atoms in total. The third-order valence-electron chi connectivity index (χ3n) is 14.9. The molecule has 63 heavy (non-hydrogen) atoms. The Morgan fingerprint density at radius 1 is 0.349 bits per heavy atom. The van der Waals surface area contributed by atoms with Gasteiger partial charge in [-0.05, 0) is 132 Å². The molecular weight excluding hydrogens is 759 g/mol. The summed E-state index contributed by atoms with van der Waals surface area (Å²) < 4.78 is 0. The molecule has 1 spiro atoms. The van der Waals surface area contributed by atoms with Crippen LogP contribution in [0.1, 0.15) is 59.1 Å². The quantitative estimate of drug-likeness (QED) is 0.151. The van der Waals surface area contributed by atoms with Gasteiger partial charge in [0.25, 0.3) is 0 Å². The fourth-order valence-electron chi connectivity index (χ4n) is 12.2. The Morgan fingerprint density at radius 2 is 0.952 bits per heavy atom. The van der Waals surface area contributed by atoms with E-state index in [1.54, 1.807) is 0 Å². The first-order chi connectivity index (χ1) is 31.2. The molecule has 0 unspecified atom stereocenters. The van der Waals surface area contributed by atoms with Crippen molar-refractivity contribution in [3.63, 3.8) is 0 Å². The van der Waals surface area contributed by atoms with Crippen LogP contribution < -0.4 is 4.90 Å². The first kappa shape index (κ1) is 36.2. The second-order valence-electron chi connectivity index (χ2n) is 17.9. The Morgan fingerprint density at radius 3 is 1.76 bits per heavy atom. The van der Waals surface area contributed by atoms with Gasteiger partial charge in [0, 0.05) is 22.4 Å². The normalized spacial score (nSPS) is 15.0. The molecule has 3 aliphatic rings. The number of fused-ring (bicyclic) bond motifs is 11. The van der Waals surface area contributed by atoms with Crippen molar-refractivity contribution >= 4 is 38.6 Å². The lowest BCUT2D eigenvalue weighted by molar-refractivity contribution is 0.550. The maximum atomic E-state index is 2.58. The largest absolute Gasteiger partial charge is 0.310 e. The van der Waals surface area contributed by atoms with Gasteiger partial charge in [0.05, 0.1) is 11.1 Å². The number of hydrogen-bond donors (Lipinski definition) is 0. The molecule has 298 valence electrons. The van der Waals surface area contributed by atoms with Crippen LogP contribution in [0.25, 0.3) is 54.9 Å². The molecule has 10 aromatic rings. The van der Waals surface area contributed by atoms with Crippen molar-refractivity contribution in [2.75, 3.05) is 4.90 Å². The van der Waals surface area contributed by atoms with Crippen molar-refractivity contribution in [2.24, 2.45) is 0 Å². The number of benzene rings is 10. The summed E-state index contributed by atoms with van der Waals surface area (Å²) in [7, 11) is 0. The van der Waals surface area contributed by atoms with Gasteiger partial charge < -0.3 is 4.90 Å². The van der Waals surface area contributed by atoms with E-state index in [2.05, 4.69) is 229 Å². The monoisotopic (exact) mass is 803 g/mol. The second kappa shape index (κ2) is 14.0. The van der Waals surface area contributed by atoms with Crippen molar-refractivity contribution in [3.05, 3.63) is 258 Å². The third kappa shape index (κ3) is 5.23. The number of hydrogen-bond acceptors (Lipinski definition) is 1. The lowest BCUT2D eigenvalue weighted by Gasteiger charge is -2.35. The highest BCUT2D eigenvalue weighted by atomic mass is 15.1. The fourth-order valence-corrected chi connectivity index (χ4v) is 12.2. The smallest absolute Gasteiger partial charge is 0.0714 e. The molecule has 1 saturated carbocycles. The van der Waals surface area contributed by atoms with Crippen molar-refractivity contribution in [3.8, 4) is 33.4 Å². The van der Waals surface area contributed by atoms with Gasteiger partial charge in [-0.25, -0.2) is 0 Å². The van der Waals surface area contributed by atoms with Gasteiger partial charge >= 0.3 is 0 Å². The van der Waals surface area contributed by atoms with Gasteiger partial charge in [0.2, 0.25) is 0 Å². The van der Waals surface area contributed by atoms with E-state index < -0.39 is 5.41 Å². The molecule has 1 fully saturated rings. The van der Waals surface area contributed by atoms with Crippen LogP contribution in [0.2, 0.25) is 0 Å². The summed E-state index contributed by atoms with van der Waals surface area (Å²) in [5, 5.41) is 5.10. The third-order valence-corrected chi connectivity index (χ3v) is 14.9. The Kier molecular flexibility index (Phi) is 8.06. The molecule has 0 amide bonds. The maximum Gasteiger partial charge on any atom is 0.0714 e. The van der Waals surface area contributed by atoms with E-state index in [1.165, 1.54) is 120 Å². The van der Waals surface area contributed by atoms with Crippen LogP contribution in [0.5, 0.6) is 0 Å². The van der Waals surface area contributed by atoms with Crippen molar-refractivity contribution in [2.45, 2.75) is 36.5 Å². The molecule has 0 saturated heterocycles. The zero-order valence-electron chi connectivity index (χ0n) is 35.1. The molecule has 13 rings (SSSR count). The SMILES string of the molecule is c1ccc(C2(c3ccccc3)c3ccccc3-c3ccc(N(c4cccc(-c5ccc6c(ccc7ccccc76)c5)c4)c4cccc5c4-c4ccccc4C54CCCC4)cc32)cc1. The van der Waals surface area contributed by atoms with Crippen LogP contribution in [0, 0.1) is 0 Å². The van der Waals surface area contributed by atoms with Gasteiger partial charge in [-0.3, -0.25) is 0 Å². The van der Waals surface area contributed by atoms with Crippen LogP contribution in [-0.4, -0.2) is 0 Å².